The van der Waals surface area contributed by atoms with Crippen molar-refractivity contribution in [1.82, 2.24) is 4.40 Å². The first-order valence-electron chi connectivity index (χ1n) is 11.5. The highest BCUT2D eigenvalue weighted by molar-refractivity contribution is 6.14. The predicted molar refractivity (Wildman–Crippen MR) is 135 cm³/mol. The third-order valence-corrected chi connectivity index (χ3v) is 6.19. The molecule has 0 saturated carbocycles. The molecule has 0 atom stereocenters. The van der Waals surface area contributed by atoms with Crippen LogP contribution in [0.1, 0.15) is 50.0 Å². The van der Waals surface area contributed by atoms with Crippen molar-refractivity contribution in [2.75, 3.05) is 6.61 Å². The number of esters is 1. The summed E-state index contributed by atoms with van der Waals surface area (Å²) >= 11 is 0. The minimum absolute atomic E-state index is 0.119. The van der Waals surface area contributed by atoms with Gasteiger partial charge in [0.2, 0.25) is 5.78 Å². The Labute approximate surface area is 198 Å². The topological polar surface area (TPSA) is 47.8 Å². The van der Waals surface area contributed by atoms with Crippen LogP contribution in [0.15, 0.2) is 91.0 Å². The van der Waals surface area contributed by atoms with Gasteiger partial charge in [0.25, 0.3) is 0 Å². The number of aromatic nitrogens is 1. The number of rotatable bonds is 6. The van der Waals surface area contributed by atoms with Gasteiger partial charge in [-0.2, -0.15) is 0 Å². The molecule has 0 N–H and O–H groups in total. The zero-order valence-corrected chi connectivity index (χ0v) is 19.2. The summed E-state index contributed by atoms with van der Waals surface area (Å²) in [6.45, 7) is 4.08. The number of carbonyl (C=O) groups excluding carboxylic acids is 2. The van der Waals surface area contributed by atoms with Gasteiger partial charge in [0.15, 0.2) is 0 Å². The van der Waals surface area contributed by atoms with E-state index in [4.69, 9.17) is 4.74 Å². The van der Waals surface area contributed by atoms with Crippen molar-refractivity contribution in [3.8, 4) is 0 Å². The van der Waals surface area contributed by atoms with Gasteiger partial charge < -0.3 is 9.14 Å². The molecule has 0 fully saturated rings. The lowest BCUT2D eigenvalue weighted by Crippen LogP contribution is -2.11. The molecule has 0 spiro atoms. The Morgan fingerprint density at radius 2 is 1.47 bits per heavy atom. The predicted octanol–water partition coefficient (Wildman–Crippen LogP) is 6.40. The highest BCUT2D eigenvalue weighted by atomic mass is 16.5. The fraction of sp³-hybridized carbons (Fsp3) is 0.133. The molecular formula is C30H25NO3. The largest absolute Gasteiger partial charge is 0.462 e. The van der Waals surface area contributed by atoms with E-state index in [0.29, 0.717) is 34.3 Å². The average molecular weight is 448 g/mol. The third-order valence-electron chi connectivity index (χ3n) is 6.19. The van der Waals surface area contributed by atoms with Crippen LogP contribution in [0, 0.1) is 6.92 Å². The molecule has 2 heterocycles. The quantitative estimate of drug-likeness (QED) is 0.224. The summed E-state index contributed by atoms with van der Waals surface area (Å²) in [6, 6.07) is 29.1. The zero-order chi connectivity index (χ0) is 23.7. The van der Waals surface area contributed by atoms with Crippen LogP contribution < -0.4 is 0 Å². The summed E-state index contributed by atoms with van der Waals surface area (Å²) in [5.74, 6) is -0.529. The van der Waals surface area contributed by atoms with E-state index >= 15 is 0 Å². The van der Waals surface area contributed by atoms with Crippen LogP contribution in [0.2, 0.25) is 0 Å². The molecule has 5 aromatic rings. The molecule has 0 radical (unpaired) electrons. The number of pyridine rings is 1. The van der Waals surface area contributed by atoms with Crippen molar-refractivity contribution >= 4 is 28.2 Å². The summed E-state index contributed by atoms with van der Waals surface area (Å²) in [4.78, 5) is 27.4. The summed E-state index contributed by atoms with van der Waals surface area (Å²) < 4.78 is 7.45. The number of nitrogens with zero attached hydrogens (tertiary/aromatic N) is 1. The standard InChI is InChI=1S/C30H25NO3/c1-3-34-30(33)27-24(19-21-12-6-4-7-13-21)28(29(32)22-14-8-5-9-15-22)31-25-17-11-10-16-23(25)20(2)18-26(27)31/h4-18H,3,19H2,1-2H3. The molecule has 0 bridgehead atoms. The Kier molecular flexibility index (Phi) is 5.72. The SMILES string of the molecule is CCOC(=O)c1c(Cc2ccccc2)c(C(=O)c2ccccc2)n2c1cc(C)c1ccccc12. The number of carbonyl (C=O) groups is 2. The molecule has 0 amide bonds. The lowest BCUT2D eigenvalue weighted by Gasteiger charge is -2.11. The van der Waals surface area contributed by atoms with E-state index < -0.39 is 5.97 Å². The fourth-order valence-electron chi connectivity index (χ4n) is 4.68. The van der Waals surface area contributed by atoms with Gasteiger partial charge in [0.1, 0.15) is 0 Å². The van der Waals surface area contributed by atoms with Crippen LogP contribution in [-0.4, -0.2) is 22.8 Å². The lowest BCUT2D eigenvalue weighted by molar-refractivity contribution is 0.0528. The van der Waals surface area contributed by atoms with Crippen molar-refractivity contribution < 1.29 is 14.3 Å². The van der Waals surface area contributed by atoms with Gasteiger partial charge >= 0.3 is 5.97 Å². The van der Waals surface area contributed by atoms with E-state index in [1.54, 1.807) is 6.92 Å². The average Bonchev–Trinajstić information content (AvgIpc) is 3.18. The number of hydrogen-bond acceptors (Lipinski definition) is 3. The first-order valence-corrected chi connectivity index (χ1v) is 11.5. The normalized spacial score (nSPS) is 11.1. The molecule has 5 rings (SSSR count). The van der Waals surface area contributed by atoms with Crippen LogP contribution in [0.5, 0.6) is 0 Å². The number of hydrogen-bond donors (Lipinski definition) is 0. The van der Waals surface area contributed by atoms with Crippen molar-refractivity contribution in [1.29, 1.82) is 0 Å². The molecule has 0 saturated heterocycles. The first-order chi connectivity index (χ1) is 16.6. The zero-order valence-electron chi connectivity index (χ0n) is 19.2. The summed E-state index contributed by atoms with van der Waals surface area (Å²) in [5, 5.41) is 1.04. The molecule has 0 aliphatic rings. The first kappa shape index (κ1) is 21.7. The fourth-order valence-corrected chi connectivity index (χ4v) is 4.68. The Balaban J connectivity index is 1.92. The monoisotopic (exact) mass is 447 g/mol. The molecule has 2 aromatic heterocycles. The maximum Gasteiger partial charge on any atom is 0.340 e. The van der Waals surface area contributed by atoms with E-state index in [1.807, 2.05) is 102 Å². The van der Waals surface area contributed by atoms with E-state index in [2.05, 4.69) is 0 Å². The van der Waals surface area contributed by atoms with Crippen molar-refractivity contribution in [3.05, 3.63) is 125 Å². The minimum Gasteiger partial charge on any atom is -0.462 e. The summed E-state index contributed by atoms with van der Waals surface area (Å²) in [7, 11) is 0. The third kappa shape index (κ3) is 3.67. The van der Waals surface area contributed by atoms with Gasteiger partial charge in [-0.3, -0.25) is 4.79 Å². The van der Waals surface area contributed by atoms with Gasteiger partial charge in [-0.1, -0.05) is 78.9 Å². The maximum atomic E-state index is 14.0. The summed E-state index contributed by atoms with van der Waals surface area (Å²) in [5.41, 5.74) is 5.87. The molecular weight excluding hydrogens is 422 g/mol. The molecule has 4 heteroatoms. The summed E-state index contributed by atoms with van der Waals surface area (Å²) in [6.07, 6.45) is 0.442. The second-order valence-corrected chi connectivity index (χ2v) is 8.35. The van der Waals surface area contributed by atoms with Crippen molar-refractivity contribution in [3.63, 3.8) is 0 Å². The Hall–Kier alpha value is -4.18. The van der Waals surface area contributed by atoms with Crippen molar-refractivity contribution in [2.45, 2.75) is 20.3 Å². The minimum atomic E-state index is -0.410. The molecule has 0 aliphatic heterocycles. The number of para-hydroxylation sites is 1. The molecule has 4 nitrogen and oxygen atoms in total. The number of ether oxygens (including phenoxy) is 1. The molecule has 34 heavy (non-hydrogen) atoms. The Morgan fingerprint density at radius 3 is 2.18 bits per heavy atom. The van der Waals surface area contributed by atoms with Crippen molar-refractivity contribution in [2.24, 2.45) is 0 Å². The van der Waals surface area contributed by atoms with Crippen LogP contribution in [-0.2, 0) is 11.2 Å². The van der Waals surface area contributed by atoms with Gasteiger partial charge in [0.05, 0.1) is 28.9 Å². The second-order valence-electron chi connectivity index (χ2n) is 8.35. The van der Waals surface area contributed by atoms with Gasteiger partial charge in [-0.05, 0) is 37.1 Å². The highest BCUT2D eigenvalue weighted by Gasteiger charge is 2.30. The van der Waals surface area contributed by atoms with Crippen LogP contribution in [0.3, 0.4) is 0 Å². The van der Waals surface area contributed by atoms with E-state index in [-0.39, 0.29) is 12.4 Å². The number of fused-ring (bicyclic) bond motifs is 3. The smallest absolute Gasteiger partial charge is 0.340 e. The Bertz CT molecular complexity index is 1520. The maximum absolute atomic E-state index is 14.0. The van der Waals surface area contributed by atoms with Gasteiger partial charge in [-0.15, -0.1) is 0 Å². The highest BCUT2D eigenvalue weighted by Crippen LogP contribution is 2.34. The number of benzene rings is 3. The number of aryl methyl sites for hydroxylation is 1. The molecule has 0 aliphatic carbocycles. The van der Waals surface area contributed by atoms with Gasteiger partial charge in [-0.25, -0.2) is 4.79 Å². The van der Waals surface area contributed by atoms with Gasteiger partial charge in [0, 0.05) is 22.9 Å². The molecule has 0 unspecified atom stereocenters. The van der Waals surface area contributed by atoms with E-state index in [0.717, 1.165) is 22.0 Å². The lowest BCUT2D eigenvalue weighted by atomic mass is 9.97. The van der Waals surface area contributed by atoms with Crippen LogP contribution >= 0.6 is 0 Å². The molecule has 3 aromatic carbocycles. The van der Waals surface area contributed by atoms with Crippen LogP contribution in [0.4, 0.5) is 0 Å². The van der Waals surface area contributed by atoms with Crippen LogP contribution in [0.25, 0.3) is 16.4 Å². The second kappa shape index (κ2) is 8.99. The Morgan fingerprint density at radius 1 is 0.824 bits per heavy atom. The number of ketones is 1. The molecule has 168 valence electrons. The van der Waals surface area contributed by atoms with E-state index in [1.165, 1.54) is 0 Å². The van der Waals surface area contributed by atoms with E-state index in [9.17, 15) is 9.59 Å².